The van der Waals surface area contributed by atoms with E-state index in [1.807, 2.05) is 19.1 Å². The molecule has 0 saturated heterocycles. The molecule has 0 aromatic carbocycles. The molecule has 0 spiro atoms. The number of hydrogen-bond acceptors (Lipinski definition) is 6. The third kappa shape index (κ3) is 3.05. The number of carbonyl (C=O) groups excluding carboxylic acids is 1. The monoisotopic (exact) mass is 334 g/mol. The molecular formula is C16H22N4O4. The van der Waals surface area contributed by atoms with Gasteiger partial charge in [0.15, 0.2) is 5.78 Å². The average Bonchev–Trinajstić information content (AvgIpc) is 2.95. The van der Waals surface area contributed by atoms with Crippen LogP contribution in [0, 0.1) is 6.92 Å². The lowest BCUT2D eigenvalue weighted by Gasteiger charge is -2.23. The molecule has 0 radical (unpaired) electrons. The number of carbonyl (C=O) groups is 1. The van der Waals surface area contributed by atoms with Crippen LogP contribution in [0.1, 0.15) is 28.8 Å². The number of nitrogens with zero attached hydrogens (tertiary/aromatic N) is 3. The second-order valence-electron chi connectivity index (χ2n) is 5.93. The molecule has 0 aliphatic heterocycles. The number of aryl methyl sites for hydroxylation is 1. The molecule has 2 heterocycles. The molecule has 2 aromatic heterocycles. The fraction of sp³-hybridized carbons (Fsp3) is 0.438. The highest BCUT2D eigenvalue weighted by Crippen LogP contribution is 2.14. The number of likely N-dealkylation sites (N-methyl/N-ethyl adjacent to an activating group) is 1. The summed E-state index contributed by atoms with van der Waals surface area (Å²) < 4.78 is 7.48. The minimum Gasteiger partial charge on any atom is -0.465 e. The van der Waals surface area contributed by atoms with E-state index in [2.05, 4.69) is 0 Å². The van der Waals surface area contributed by atoms with Crippen molar-refractivity contribution in [2.24, 2.45) is 14.1 Å². The van der Waals surface area contributed by atoms with E-state index in [9.17, 15) is 14.4 Å². The van der Waals surface area contributed by atoms with Gasteiger partial charge in [0.2, 0.25) is 0 Å². The number of furan rings is 1. The first-order valence-electron chi connectivity index (χ1n) is 7.50. The molecule has 2 N–H and O–H groups in total. The van der Waals surface area contributed by atoms with Gasteiger partial charge in [0.25, 0.3) is 5.56 Å². The van der Waals surface area contributed by atoms with Gasteiger partial charge in [0.05, 0.1) is 12.6 Å². The van der Waals surface area contributed by atoms with Crippen molar-refractivity contribution >= 4 is 11.6 Å². The molecule has 0 aliphatic rings. The van der Waals surface area contributed by atoms with Crippen molar-refractivity contribution in [1.82, 2.24) is 14.0 Å². The lowest BCUT2D eigenvalue weighted by molar-refractivity contribution is 0.0853. The van der Waals surface area contributed by atoms with E-state index >= 15 is 0 Å². The number of nitrogens with two attached hydrogens (primary N) is 1. The fourth-order valence-electron chi connectivity index (χ4n) is 2.45. The number of Topliss-reactive ketones (excluding diaryl/α,β-unsaturated/α-hetero) is 1. The molecule has 2 rings (SSSR count). The van der Waals surface area contributed by atoms with Crippen LogP contribution in [0.5, 0.6) is 0 Å². The van der Waals surface area contributed by atoms with Gasteiger partial charge >= 0.3 is 5.69 Å². The third-order valence-corrected chi connectivity index (χ3v) is 4.20. The molecule has 24 heavy (non-hydrogen) atoms. The second kappa shape index (κ2) is 6.48. The quantitative estimate of drug-likeness (QED) is 0.787. The van der Waals surface area contributed by atoms with Crippen molar-refractivity contribution in [1.29, 1.82) is 0 Å². The summed E-state index contributed by atoms with van der Waals surface area (Å²) in [4.78, 5) is 38.7. The summed E-state index contributed by atoms with van der Waals surface area (Å²) in [6.45, 7) is 3.93. The highest BCUT2D eigenvalue weighted by Gasteiger charge is 2.27. The van der Waals surface area contributed by atoms with Gasteiger partial charge in [-0.25, -0.2) is 4.79 Å². The highest BCUT2D eigenvalue weighted by molar-refractivity contribution is 6.03. The highest BCUT2D eigenvalue weighted by atomic mass is 16.3. The Morgan fingerprint density at radius 2 is 1.92 bits per heavy atom. The zero-order valence-electron chi connectivity index (χ0n) is 14.5. The summed E-state index contributed by atoms with van der Waals surface area (Å²) in [7, 11) is 4.50. The van der Waals surface area contributed by atoms with Crippen LogP contribution < -0.4 is 17.0 Å². The summed E-state index contributed by atoms with van der Waals surface area (Å²) in [6.07, 6.45) is 0. The average molecular weight is 334 g/mol. The van der Waals surface area contributed by atoms with E-state index in [0.29, 0.717) is 6.54 Å². The van der Waals surface area contributed by atoms with Crippen LogP contribution in [0.4, 0.5) is 5.82 Å². The maximum atomic E-state index is 12.8. The molecule has 0 bridgehead atoms. The molecule has 1 atom stereocenters. The number of nitrogen functional groups attached to an aromatic ring is 1. The molecule has 8 heteroatoms. The molecule has 130 valence electrons. The number of ketones is 1. The van der Waals surface area contributed by atoms with Gasteiger partial charge in [0.1, 0.15) is 22.9 Å². The van der Waals surface area contributed by atoms with Crippen molar-refractivity contribution in [2.45, 2.75) is 26.4 Å². The summed E-state index contributed by atoms with van der Waals surface area (Å²) in [5, 5.41) is 0. The van der Waals surface area contributed by atoms with Crippen molar-refractivity contribution in [2.75, 3.05) is 12.8 Å². The van der Waals surface area contributed by atoms with E-state index in [4.69, 9.17) is 10.2 Å². The van der Waals surface area contributed by atoms with Crippen molar-refractivity contribution < 1.29 is 9.21 Å². The second-order valence-corrected chi connectivity index (χ2v) is 5.93. The zero-order chi connectivity index (χ0) is 18.2. The van der Waals surface area contributed by atoms with Gasteiger partial charge in [-0.1, -0.05) is 0 Å². The molecule has 8 nitrogen and oxygen atoms in total. The molecule has 0 aliphatic carbocycles. The number of rotatable bonds is 5. The van der Waals surface area contributed by atoms with Gasteiger partial charge in [0, 0.05) is 14.1 Å². The van der Waals surface area contributed by atoms with E-state index in [-0.39, 0.29) is 11.4 Å². The van der Waals surface area contributed by atoms with Crippen molar-refractivity contribution in [3.8, 4) is 0 Å². The van der Waals surface area contributed by atoms with E-state index < -0.39 is 23.1 Å². The first-order chi connectivity index (χ1) is 11.1. The van der Waals surface area contributed by atoms with Gasteiger partial charge < -0.3 is 10.2 Å². The first-order valence-corrected chi connectivity index (χ1v) is 7.50. The number of hydrogen-bond donors (Lipinski definition) is 1. The fourth-order valence-corrected chi connectivity index (χ4v) is 2.45. The van der Waals surface area contributed by atoms with Crippen molar-refractivity contribution in [3.05, 3.63) is 50.1 Å². The molecular weight excluding hydrogens is 312 g/mol. The SMILES string of the molecule is Cc1ccc(CN(C)[C@@H](C)C(=O)c2c(N)n(C)c(=O)n(C)c2=O)o1. The Hall–Kier alpha value is -2.61. The van der Waals surface area contributed by atoms with Crippen LogP contribution in [0.2, 0.25) is 0 Å². The largest absolute Gasteiger partial charge is 0.465 e. The van der Waals surface area contributed by atoms with E-state index in [1.54, 1.807) is 18.9 Å². The number of anilines is 1. The van der Waals surface area contributed by atoms with Crippen LogP contribution in [-0.4, -0.2) is 32.9 Å². The van der Waals surface area contributed by atoms with Gasteiger partial charge in [-0.05, 0) is 33.0 Å². The minimum absolute atomic E-state index is 0.123. The smallest absolute Gasteiger partial charge is 0.332 e. The van der Waals surface area contributed by atoms with Crippen LogP contribution in [0.15, 0.2) is 26.1 Å². The summed E-state index contributed by atoms with van der Waals surface area (Å²) in [6, 6.07) is 3.07. The predicted octanol–water partition coefficient (Wildman–Crippen LogP) is 0.271. The molecule has 0 unspecified atom stereocenters. The van der Waals surface area contributed by atoms with Crippen LogP contribution >= 0.6 is 0 Å². The van der Waals surface area contributed by atoms with Crippen molar-refractivity contribution in [3.63, 3.8) is 0 Å². The van der Waals surface area contributed by atoms with Crippen LogP contribution in [-0.2, 0) is 20.6 Å². The third-order valence-electron chi connectivity index (χ3n) is 4.20. The Morgan fingerprint density at radius 1 is 1.29 bits per heavy atom. The number of aromatic nitrogens is 2. The standard InChI is InChI=1S/C16H22N4O4/c1-9-6-7-11(24-9)8-18(3)10(2)13(21)12-14(17)19(4)16(23)20(5)15(12)22/h6-7,10H,8,17H2,1-5H3/t10-/m0/s1. The molecule has 2 aromatic rings. The Bertz CT molecular complexity index is 890. The lowest BCUT2D eigenvalue weighted by atomic mass is 10.1. The van der Waals surface area contributed by atoms with Gasteiger partial charge in [-0.15, -0.1) is 0 Å². The maximum Gasteiger partial charge on any atom is 0.332 e. The topological polar surface area (TPSA) is 103 Å². The normalized spacial score (nSPS) is 12.6. The Kier molecular flexibility index (Phi) is 4.79. The molecule has 0 saturated carbocycles. The summed E-state index contributed by atoms with van der Waals surface area (Å²) in [5.41, 5.74) is 4.41. The van der Waals surface area contributed by atoms with Crippen LogP contribution in [0.3, 0.4) is 0 Å². The van der Waals surface area contributed by atoms with Gasteiger partial charge in [-0.3, -0.25) is 23.6 Å². The summed E-state index contributed by atoms with van der Waals surface area (Å²) in [5.74, 6) is 0.946. The maximum absolute atomic E-state index is 12.8. The van der Waals surface area contributed by atoms with E-state index in [1.165, 1.54) is 14.1 Å². The Balaban J connectivity index is 2.34. The molecule has 0 fully saturated rings. The predicted molar refractivity (Wildman–Crippen MR) is 90.0 cm³/mol. The minimum atomic E-state index is -0.685. The lowest BCUT2D eigenvalue weighted by Crippen LogP contribution is -2.45. The zero-order valence-corrected chi connectivity index (χ0v) is 14.5. The Morgan fingerprint density at radius 3 is 2.46 bits per heavy atom. The van der Waals surface area contributed by atoms with Gasteiger partial charge in [-0.2, -0.15) is 0 Å². The molecule has 0 amide bonds. The van der Waals surface area contributed by atoms with E-state index in [0.717, 1.165) is 20.7 Å². The van der Waals surface area contributed by atoms with Crippen LogP contribution in [0.25, 0.3) is 0 Å². The Labute approximate surface area is 139 Å². The first kappa shape index (κ1) is 17.7. The summed E-state index contributed by atoms with van der Waals surface area (Å²) >= 11 is 0.